The summed E-state index contributed by atoms with van der Waals surface area (Å²) >= 11 is 6.41. The number of hydrogen-bond donors (Lipinski definition) is 2. The number of nitrogens with zero attached hydrogens (tertiary/aromatic N) is 3. The largest absolute Gasteiger partial charge is 0.333 e. The Morgan fingerprint density at radius 2 is 1.62 bits per heavy atom. The highest BCUT2D eigenvalue weighted by atomic mass is 35.5. The highest BCUT2D eigenvalue weighted by Gasteiger charge is 2.43. The molecule has 2 unspecified atom stereocenters. The van der Waals surface area contributed by atoms with E-state index in [1.165, 1.54) is 18.2 Å². The molecule has 0 saturated carbocycles. The summed E-state index contributed by atoms with van der Waals surface area (Å²) < 4.78 is 25.6. The molecule has 0 radical (unpaired) electrons. The topological polar surface area (TPSA) is 113 Å². The molecule has 2 atom stereocenters. The first-order valence-electron chi connectivity index (χ1n) is 16.3. The van der Waals surface area contributed by atoms with Crippen molar-refractivity contribution in [2.75, 3.05) is 16.9 Å². The summed E-state index contributed by atoms with van der Waals surface area (Å²) in [6, 6.07) is 22.1. The minimum Gasteiger partial charge on any atom is -0.333 e. The summed E-state index contributed by atoms with van der Waals surface area (Å²) in [4.78, 5) is 28.9. The summed E-state index contributed by atoms with van der Waals surface area (Å²) in [7, 11) is -3.42. The molecule has 0 spiro atoms. The molecule has 6 rings (SSSR count). The number of nitrogens with one attached hydrogen (secondary N) is 2. The number of carbonyl (C=O) groups excluding carboxylic acids is 2. The number of sulfone groups is 1. The van der Waals surface area contributed by atoms with Crippen molar-refractivity contribution < 1.29 is 18.0 Å². The van der Waals surface area contributed by atoms with Crippen LogP contribution in [0.3, 0.4) is 0 Å². The van der Waals surface area contributed by atoms with E-state index in [0.717, 1.165) is 60.9 Å². The third-order valence-electron chi connectivity index (χ3n) is 9.37. The van der Waals surface area contributed by atoms with Crippen molar-refractivity contribution in [1.82, 2.24) is 14.7 Å². The highest BCUT2D eigenvalue weighted by Crippen LogP contribution is 2.41. The SMILES string of the molecule is Cc1ccc(-n2nc(C(C)(C)C)cc2NC(=O)Nc2cccc(CC3CC4CCC(C3)N4C(=O)c3ccc(S(C)(=O)=O)cc3Cl)c2)cc1. The van der Waals surface area contributed by atoms with Gasteiger partial charge < -0.3 is 10.2 Å². The van der Waals surface area contributed by atoms with E-state index < -0.39 is 9.84 Å². The van der Waals surface area contributed by atoms with Crippen LogP contribution in [-0.2, 0) is 21.7 Å². The lowest BCUT2D eigenvalue weighted by Gasteiger charge is -2.39. The van der Waals surface area contributed by atoms with Crippen LogP contribution in [0, 0.1) is 12.8 Å². The minimum absolute atomic E-state index is 0.100. The van der Waals surface area contributed by atoms with Gasteiger partial charge in [-0.1, -0.05) is 62.2 Å². The molecule has 252 valence electrons. The molecule has 0 aliphatic carbocycles. The van der Waals surface area contributed by atoms with Crippen LogP contribution in [0.1, 0.15) is 73.6 Å². The average molecular weight is 688 g/mol. The number of halogens is 1. The van der Waals surface area contributed by atoms with Crippen molar-refractivity contribution in [3.8, 4) is 5.69 Å². The minimum atomic E-state index is -3.42. The van der Waals surface area contributed by atoms with E-state index >= 15 is 0 Å². The molecule has 48 heavy (non-hydrogen) atoms. The molecule has 9 nitrogen and oxygen atoms in total. The van der Waals surface area contributed by atoms with Gasteiger partial charge in [0.25, 0.3) is 5.91 Å². The molecule has 1 aromatic heterocycles. The number of aromatic nitrogens is 2. The molecular weight excluding hydrogens is 646 g/mol. The molecule has 2 N–H and O–H groups in total. The smallest absolute Gasteiger partial charge is 0.324 e. The van der Waals surface area contributed by atoms with Gasteiger partial charge >= 0.3 is 6.03 Å². The molecule has 4 aromatic rings. The fourth-order valence-electron chi connectivity index (χ4n) is 6.93. The van der Waals surface area contributed by atoms with Gasteiger partial charge in [0.1, 0.15) is 5.82 Å². The Kier molecular flexibility index (Phi) is 9.17. The van der Waals surface area contributed by atoms with Gasteiger partial charge in [0.05, 0.1) is 26.9 Å². The van der Waals surface area contributed by atoms with Crippen LogP contribution in [0.25, 0.3) is 5.69 Å². The molecule has 2 fully saturated rings. The van der Waals surface area contributed by atoms with Crippen LogP contribution >= 0.6 is 11.6 Å². The number of urea groups is 1. The number of carbonyl (C=O) groups is 2. The second kappa shape index (κ2) is 13.0. The van der Waals surface area contributed by atoms with Crippen LogP contribution in [0.4, 0.5) is 16.3 Å². The predicted octanol–water partition coefficient (Wildman–Crippen LogP) is 7.81. The third kappa shape index (κ3) is 7.29. The van der Waals surface area contributed by atoms with Gasteiger partial charge in [-0.15, -0.1) is 0 Å². The van der Waals surface area contributed by atoms with Crippen molar-refractivity contribution in [2.24, 2.45) is 5.92 Å². The maximum absolute atomic E-state index is 13.6. The molecule has 2 aliphatic rings. The molecule has 2 saturated heterocycles. The molecule has 3 heterocycles. The van der Waals surface area contributed by atoms with Gasteiger partial charge in [0.15, 0.2) is 9.84 Å². The molecule has 11 heteroatoms. The Morgan fingerprint density at radius 1 is 0.938 bits per heavy atom. The number of hydrogen-bond acceptors (Lipinski definition) is 5. The van der Waals surface area contributed by atoms with E-state index in [1.54, 1.807) is 4.68 Å². The molecule has 3 aromatic carbocycles. The van der Waals surface area contributed by atoms with Crippen LogP contribution < -0.4 is 10.6 Å². The van der Waals surface area contributed by atoms with Crippen LogP contribution in [0.2, 0.25) is 5.02 Å². The van der Waals surface area contributed by atoms with E-state index in [-0.39, 0.29) is 39.4 Å². The van der Waals surface area contributed by atoms with Gasteiger partial charge in [-0.2, -0.15) is 5.10 Å². The van der Waals surface area contributed by atoms with Crippen LogP contribution in [0.5, 0.6) is 0 Å². The zero-order chi connectivity index (χ0) is 34.4. The normalized spacial score (nSPS) is 19.3. The third-order valence-corrected chi connectivity index (χ3v) is 10.8. The number of benzene rings is 3. The lowest BCUT2D eigenvalue weighted by Crippen LogP contribution is -2.47. The van der Waals surface area contributed by atoms with Gasteiger partial charge in [0, 0.05) is 35.5 Å². The summed E-state index contributed by atoms with van der Waals surface area (Å²) in [6.07, 6.45) is 5.58. The van der Waals surface area contributed by atoms with Gasteiger partial charge in [-0.05, 0) is 93.0 Å². The van der Waals surface area contributed by atoms with E-state index in [2.05, 4.69) is 37.5 Å². The maximum Gasteiger partial charge on any atom is 0.324 e. The monoisotopic (exact) mass is 687 g/mol. The zero-order valence-electron chi connectivity index (χ0n) is 28.0. The lowest BCUT2D eigenvalue weighted by atomic mass is 9.85. The van der Waals surface area contributed by atoms with Gasteiger partial charge in [-0.3, -0.25) is 10.1 Å². The fourth-order valence-corrected chi connectivity index (χ4v) is 7.91. The fraction of sp³-hybridized carbons (Fsp3) is 0.378. The Morgan fingerprint density at radius 3 is 2.25 bits per heavy atom. The quantitative estimate of drug-likeness (QED) is 0.206. The van der Waals surface area contributed by atoms with Crippen molar-refractivity contribution >= 4 is 44.9 Å². The summed E-state index contributed by atoms with van der Waals surface area (Å²) in [5, 5.41) is 11.0. The van der Waals surface area contributed by atoms with Crippen molar-refractivity contribution in [3.05, 3.63) is 100 Å². The zero-order valence-corrected chi connectivity index (χ0v) is 29.5. The highest BCUT2D eigenvalue weighted by molar-refractivity contribution is 7.90. The molecule has 3 amide bonds. The van der Waals surface area contributed by atoms with Crippen molar-refractivity contribution in [1.29, 1.82) is 0 Å². The Bertz CT molecular complexity index is 1950. The second-order valence-corrected chi connectivity index (χ2v) is 16.7. The van der Waals surface area contributed by atoms with E-state index in [1.807, 2.05) is 60.4 Å². The second-order valence-electron chi connectivity index (χ2n) is 14.2. The van der Waals surface area contributed by atoms with Gasteiger partial charge in [-0.25, -0.2) is 17.9 Å². The summed E-state index contributed by atoms with van der Waals surface area (Å²) in [5.41, 5.74) is 4.84. The number of amides is 3. The number of fused-ring (bicyclic) bond motifs is 2. The number of aryl methyl sites for hydroxylation is 1. The Balaban J connectivity index is 1.11. The van der Waals surface area contributed by atoms with Gasteiger partial charge in [0.2, 0.25) is 0 Å². The number of anilines is 2. The summed E-state index contributed by atoms with van der Waals surface area (Å²) in [5.74, 6) is 0.835. The average Bonchev–Trinajstić information content (AvgIpc) is 3.55. The van der Waals surface area contributed by atoms with Crippen molar-refractivity contribution in [3.63, 3.8) is 0 Å². The van der Waals surface area contributed by atoms with E-state index in [0.29, 0.717) is 23.0 Å². The molecule has 2 aliphatic heterocycles. The van der Waals surface area contributed by atoms with Crippen LogP contribution in [-0.4, -0.2) is 53.4 Å². The Labute approximate surface area is 287 Å². The standard InChI is InChI=1S/C37H42ClN5O4S/c1-23-9-11-27(12-10-23)43-34(22-33(41-43)37(2,3)4)40-36(45)39-26-8-6-7-24(18-26)17-25-19-28-13-14-29(20-25)42(28)35(44)31-16-15-30(21-32(31)38)48(5,46)47/h6-12,15-16,18,21-22,25,28-29H,13-14,17,19-20H2,1-5H3,(H2,39,40,45). The maximum atomic E-state index is 13.6. The van der Waals surface area contributed by atoms with E-state index in [4.69, 9.17) is 16.7 Å². The van der Waals surface area contributed by atoms with Crippen LogP contribution in [0.15, 0.2) is 77.7 Å². The lowest BCUT2D eigenvalue weighted by molar-refractivity contribution is 0.0524. The first kappa shape index (κ1) is 33.7. The summed E-state index contributed by atoms with van der Waals surface area (Å²) in [6.45, 7) is 8.31. The van der Waals surface area contributed by atoms with Crippen molar-refractivity contribution in [2.45, 2.75) is 82.2 Å². The van der Waals surface area contributed by atoms with E-state index in [9.17, 15) is 18.0 Å². The number of piperidine rings is 1. The first-order chi connectivity index (χ1) is 22.7. The predicted molar refractivity (Wildman–Crippen MR) is 190 cm³/mol. The molecular formula is C37H42ClN5O4S. The number of rotatable bonds is 7. The molecule has 2 bridgehead atoms. The Hall–Kier alpha value is -4.15. The first-order valence-corrected chi connectivity index (χ1v) is 18.6.